The minimum absolute atomic E-state index is 0.0918. The highest BCUT2D eigenvalue weighted by atomic mass is 79.9. The van der Waals surface area contributed by atoms with Gasteiger partial charge in [-0.05, 0) is 43.7 Å². The van der Waals surface area contributed by atoms with E-state index in [1.54, 1.807) is 38.1 Å². The molecule has 1 heterocycles. The van der Waals surface area contributed by atoms with E-state index < -0.39 is 11.5 Å². The SMILES string of the molecule is Cc1cc(C)n(CC(=O)Nc2cccc(Br)c2)c(=O)c1C(N)=O. The normalized spacial score (nSPS) is 10.4. The third kappa shape index (κ3) is 3.87. The van der Waals surface area contributed by atoms with Gasteiger partial charge in [0.25, 0.3) is 11.5 Å². The number of nitrogens with one attached hydrogen (secondary N) is 1. The molecule has 0 radical (unpaired) electrons. The minimum atomic E-state index is -0.798. The van der Waals surface area contributed by atoms with Crippen LogP contribution in [0.5, 0.6) is 0 Å². The number of nitrogens with zero attached hydrogens (tertiary/aromatic N) is 1. The number of hydrogen-bond acceptors (Lipinski definition) is 3. The van der Waals surface area contributed by atoms with Gasteiger partial charge in [0.2, 0.25) is 5.91 Å². The Labute approximate surface area is 141 Å². The molecule has 1 aromatic carbocycles. The lowest BCUT2D eigenvalue weighted by Gasteiger charge is -2.13. The van der Waals surface area contributed by atoms with Crippen molar-refractivity contribution in [1.29, 1.82) is 0 Å². The highest BCUT2D eigenvalue weighted by Crippen LogP contribution is 2.15. The summed E-state index contributed by atoms with van der Waals surface area (Å²) in [6, 6.07) is 8.77. The summed E-state index contributed by atoms with van der Waals surface area (Å²) in [4.78, 5) is 36.0. The molecule has 0 saturated carbocycles. The summed E-state index contributed by atoms with van der Waals surface area (Å²) >= 11 is 3.32. The summed E-state index contributed by atoms with van der Waals surface area (Å²) in [5.41, 5.74) is 6.30. The second kappa shape index (κ2) is 6.78. The van der Waals surface area contributed by atoms with Crippen LogP contribution in [0.15, 0.2) is 39.6 Å². The number of rotatable bonds is 4. The molecule has 2 aromatic rings. The lowest BCUT2D eigenvalue weighted by atomic mass is 10.1. The van der Waals surface area contributed by atoms with E-state index in [-0.39, 0.29) is 18.0 Å². The van der Waals surface area contributed by atoms with E-state index in [1.165, 1.54) is 4.57 Å². The van der Waals surface area contributed by atoms with E-state index in [9.17, 15) is 14.4 Å². The molecule has 3 N–H and O–H groups in total. The zero-order valence-electron chi connectivity index (χ0n) is 12.7. The van der Waals surface area contributed by atoms with Gasteiger partial charge in [0.05, 0.1) is 0 Å². The van der Waals surface area contributed by atoms with Gasteiger partial charge in [-0.15, -0.1) is 0 Å². The fourth-order valence-corrected chi connectivity index (χ4v) is 2.73. The molecule has 7 heteroatoms. The number of aryl methyl sites for hydroxylation is 2. The molecule has 0 unspecified atom stereocenters. The van der Waals surface area contributed by atoms with Gasteiger partial charge in [-0.2, -0.15) is 0 Å². The van der Waals surface area contributed by atoms with E-state index in [0.717, 1.165) is 4.47 Å². The number of pyridine rings is 1. The van der Waals surface area contributed by atoms with Crippen LogP contribution >= 0.6 is 15.9 Å². The van der Waals surface area contributed by atoms with Crippen molar-refractivity contribution in [3.05, 3.63) is 62.0 Å². The van der Waals surface area contributed by atoms with Gasteiger partial charge < -0.3 is 15.6 Å². The lowest BCUT2D eigenvalue weighted by Crippen LogP contribution is -2.35. The molecule has 0 spiro atoms. The molecule has 0 saturated heterocycles. The molecule has 0 bridgehead atoms. The first-order chi connectivity index (χ1) is 10.8. The van der Waals surface area contributed by atoms with Crippen LogP contribution in [0.4, 0.5) is 5.69 Å². The summed E-state index contributed by atoms with van der Waals surface area (Å²) < 4.78 is 2.07. The molecule has 0 atom stereocenters. The first kappa shape index (κ1) is 17.0. The number of carbonyl (C=O) groups is 2. The standard InChI is InChI=1S/C16H16BrN3O3/c1-9-6-10(2)20(16(23)14(9)15(18)22)8-13(21)19-12-5-3-4-11(17)7-12/h3-7H,8H2,1-2H3,(H2,18,22)(H,19,21). The number of hydrogen-bond donors (Lipinski definition) is 2. The van der Waals surface area contributed by atoms with Gasteiger partial charge in [-0.3, -0.25) is 14.4 Å². The van der Waals surface area contributed by atoms with E-state index >= 15 is 0 Å². The number of halogens is 1. The Balaban J connectivity index is 2.29. The summed E-state index contributed by atoms with van der Waals surface area (Å²) in [5.74, 6) is -1.17. The number of nitrogens with two attached hydrogens (primary N) is 1. The molecule has 0 aliphatic rings. The van der Waals surface area contributed by atoms with Crippen molar-refractivity contribution in [2.45, 2.75) is 20.4 Å². The zero-order valence-corrected chi connectivity index (χ0v) is 14.3. The third-order valence-corrected chi connectivity index (χ3v) is 3.85. The summed E-state index contributed by atoms with van der Waals surface area (Å²) in [5, 5.41) is 2.70. The Morgan fingerprint density at radius 3 is 2.57 bits per heavy atom. The average Bonchev–Trinajstić information content (AvgIpc) is 2.42. The predicted octanol–water partition coefficient (Wildman–Crippen LogP) is 1.97. The molecule has 2 amide bonds. The molecular formula is C16H16BrN3O3. The third-order valence-electron chi connectivity index (χ3n) is 3.36. The fourth-order valence-electron chi connectivity index (χ4n) is 2.33. The number of carbonyl (C=O) groups excluding carboxylic acids is 2. The van der Waals surface area contributed by atoms with Gasteiger partial charge in [-0.25, -0.2) is 0 Å². The quantitative estimate of drug-likeness (QED) is 0.852. The topological polar surface area (TPSA) is 94.2 Å². The Morgan fingerprint density at radius 1 is 1.26 bits per heavy atom. The van der Waals surface area contributed by atoms with Crippen LogP contribution in [-0.4, -0.2) is 16.4 Å². The van der Waals surface area contributed by atoms with E-state index in [2.05, 4.69) is 21.2 Å². The van der Waals surface area contributed by atoms with Gasteiger partial charge in [0.1, 0.15) is 12.1 Å². The molecule has 0 fully saturated rings. The van der Waals surface area contributed by atoms with Crippen LogP contribution in [0.25, 0.3) is 0 Å². The van der Waals surface area contributed by atoms with Crippen LogP contribution in [0.1, 0.15) is 21.6 Å². The molecule has 1 aromatic heterocycles. The second-order valence-electron chi connectivity index (χ2n) is 5.16. The molecule has 6 nitrogen and oxygen atoms in total. The smallest absolute Gasteiger partial charge is 0.264 e. The number of aromatic nitrogens is 1. The number of anilines is 1. The Morgan fingerprint density at radius 2 is 1.96 bits per heavy atom. The number of amides is 2. The summed E-state index contributed by atoms with van der Waals surface area (Å²) in [7, 11) is 0. The molecule has 2 rings (SSSR count). The fraction of sp³-hybridized carbons (Fsp3) is 0.188. The molecule has 0 aliphatic heterocycles. The first-order valence-electron chi connectivity index (χ1n) is 6.86. The molecule has 0 aliphatic carbocycles. The largest absolute Gasteiger partial charge is 0.365 e. The maximum Gasteiger partial charge on any atom is 0.264 e. The van der Waals surface area contributed by atoms with Gasteiger partial charge in [-0.1, -0.05) is 22.0 Å². The van der Waals surface area contributed by atoms with Crippen molar-refractivity contribution < 1.29 is 9.59 Å². The summed E-state index contributed by atoms with van der Waals surface area (Å²) in [6.07, 6.45) is 0. The van der Waals surface area contributed by atoms with Crippen molar-refractivity contribution >= 4 is 33.4 Å². The van der Waals surface area contributed by atoms with Crippen LogP contribution in [0.2, 0.25) is 0 Å². The van der Waals surface area contributed by atoms with Crippen molar-refractivity contribution in [2.75, 3.05) is 5.32 Å². The summed E-state index contributed by atoms with van der Waals surface area (Å²) in [6.45, 7) is 3.14. The van der Waals surface area contributed by atoms with E-state index in [0.29, 0.717) is 16.9 Å². The first-order valence-corrected chi connectivity index (χ1v) is 7.65. The highest BCUT2D eigenvalue weighted by molar-refractivity contribution is 9.10. The average molecular weight is 378 g/mol. The molecule has 120 valence electrons. The van der Waals surface area contributed by atoms with Gasteiger partial charge in [0.15, 0.2) is 0 Å². The van der Waals surface area contributed by atoms with Crippen LogP contribution in [-0.2, 0) is 11.3 Å². The monoisotopic (exact) mass is 377 g/mol. The maximum absolute atomic E-state index is 12.4. The van der Waals surface area contributed by atoms with Gasteiger partial charge >= 0.3 is 0 Å². The maximum atomic E-state index is 12.4. The van der Waals surface area contributed by atoms with Crippen LogP contribution in [0, 0.1) is 13.8 Å². The molecule has 23 heavy (non-hydrogen) atoms. The van der Waals surface area contributed by atoms with Crippen LogP contribution in [0.3, 0.4) is 0 Å². The number of benzene rings is 1. The number of primary amides is 1. The van der Waals surface area contributed by atoms with Gasteiger partial charge in [0, 0.05) is 15.9 Å². The van der Waals surface area contributed by atoms with Crippen LogP contribution < -0.4 is 16.6 Å². The van der Waals surface area contributed by atoms with Crippen molar-refractivity contribution in [1.82, 2.24) is 4.57 Å². The Kier molecular flexibility index (Phi) is 5.00. The van der Waals surface area contributed by atoms with Crippen molar-refractivity contribution in [2.24, 2.45) is 5.73 Å². The van der Waals surface area contributed by atoms with E-state index in [4.69, 9.17) is 5.73 Å². The second-order valence-corrected chi connectivity index (χ2v) is 6.07. The Hall–Kier alpha value is -2.41. The lowest BCUT2D eigenvalue weighted by molar-refractivity contribution is -0.116. The van der Waals surface area contributed by atoms with Crippen molar-refractivity contribution in [3.8, 4) is 0 Å². The van der Waals surface area contributed by atoms with E-state index in [1.807, 2.05) is 6.07 Å². The van der Waals surface area contributed by atoms with Crippen molar-refractivity contribution in [3.63, 3.8) is 0 Å². The Bertz CT molecular complexity index is 843. The molecular weight excluding hydrogens is 362 g/mol. The highest BCUT2D eigenvalue weighted by Gasteiger charge is 2.16. The minimum Gasteiger partial charge on any atom is -0.365 e. The zero-order chi connectivity index (χ0) is 17.1. The predicted molar refractivity (Wildman–Crippen MR) is 91.5 cm³/mol.